The maximum atomic E-state index is 5.63. The van der Waals surface area contributed by atoms with Gasteiger partial charge in [0.05, 0.1) is 18.8 Å². The van der Waals surface area contributed by atoms with E-state index in [1.165, 1.54) is 18.4 Å². The summed E-state index contributed by atoms with van der Waals surface area (Å²) in [5.41, 5.74) is 2.49. The highest BCUT2D eigenvalue weighted by Crippen LogP contribution is 2.24. The minimum Gasteiger partial charge on any atom is -0.375 e. The van der Waals surface area contributed by atoms with Crippen LogP contribution in [0.25, 0.3) is 0 Å². The SMILES string of the molecule is CN=C(NCc1ccc(N2CCOC(C)C2)nc1)NCC(c1ccccc1)N1CCCC1. The summed E-state index contributed by atoms with van der Waals surface area (Å²) in [7, 11) is 1.82. The van der Waals surface area contributed by atoms with Crippen LogP contribution in [-0.4, -0.2) is 68.3 Å². The number of nitrogens with zero attached hydrogens (tertiary/aromatic N) is 4. The number of hydrogen-bond acceptors (Lipinski definition) is 5. The maximum absolute atomic E-state index is 5.63. The number of nitrogens with one attached hydrogen (secondary N) is 2. The molecule has 7 nitrogen and oxygen atoms in total. The zero-order valence-electron chi connectivity index (χ0n) is 19.3. The van der Waals surface area contributed by atoms with Crippen molar-refractivity contribution in [2.75, 3.05) is 51.3 Å². The molecule has 0 aliphatic carbocycles. The summed E-state index contributed by atoms with van der Waals surface area (Å²) >= 11 is 0. The van der Waals surface area contributed by atoms with Crippen molar-refractivity contribution in [3.8, 4) is 0 Å². The molecule has 0 bridgehead atoms. The molecule has 0 amide bonds. The number of benzene rings is 1. The van der Waals surface area contributed by atoms with Gasteiger partial charge in [0, 0.05) is 39.4 Å². The lowest BCUT2D eigenvalue weighted by molar-refractivity contribution is 0.0529. The lowest BCUT2D eigenvalue weighted by Gasteiger charge is -2.32. The largest absolute Gasteiger partial charge is 0.375 e. The predicted octanol–water partition coefficient (Wildman–Crippen LogP) is 2.81. The van der Waals surface area contributed by atoms with E-state index in [4.69, 9.17) is 4.74 Å². The van der Waals surface area contributed by atoms with Gasteiger partial charge in [-0.1, -0.05) is 36.4 Å². The Bertz CT molecular complexity index is 850. The van der Waals surface area contributed by atoms with Crippen molar-refractivity contribution < 1.29 is 4.74 Å². The molecule has 0 radical (unpaired) electrons. The van der Waals surface area contributed by atoms with Gasteiger partial charge < -0.3 is 20.3 Å². The molecule has 2 aromatic rings. The molecule has 172 valence electrons. The second kappa shape index (κ2) is 11.3. The minimum absolute atomic E-state index is 0.251. The van der Waals surface area contributed by atoms with Gasteiger partial charge in [0.2, 0.25) is 0 Å². The van der Waals surface area contributed by atoms with E-state index in [9.17, 15) is 0 Å². The van der Waals surface area contributed by atoms with Gasteiger partial charge in [-0.25, -0.2) is 4.98 Å². The molecule has 3 heterocycles. The molecule has 0 saturated carbocycles. The number of morpholine rings is 1. The van der Waals surface area contributed by atoms with Crippen molar-refractivity contribution in [2.45, 2.75) is 38.5 Å². The van der Waals surface area contributed by atoms with Gasteiger partial charge in [0.15, 0.2) is 5.96 Å². The summed E-state index contributed by atoms with van der Waals surface area (Å²) in [6.45, 7) is 8.49. The fourth-order valence-electron chi connectivity index (χ4n) is 4.52. The first-order valence-corrected chi connectivity index (χ1v) is 11.8. The van der Waals surface area contributed by atoms with Gasteiger partial charge in [-0.05, 0) is 50.0 Å². The van der Waals surface area contributed by atoms with Gasteiger partial charge >= 0.3 is 0 Å². The Balaban J connectivity index is 1.30. The Kier molecular flexibility index (Phi) is 7.96. The third-order valence-corrected chi connectivity index (χ3v) is 6.29. The molecular formula is C25H36N6O. The van der Waals surface area contributed by atoms with Crippen LogP contribution in [0.3, 0.4) is 0 Å². The van der Waals surface area contributed by atoms with E-state index in [1.54, 1.807) is 0 Å². The number of ether oxygens (including phenoxy) is 1. The van der Waals surface area contributed by atoms with Gasteiger partial charge in [0.1, 0.15) is 5.82 Å². The van der Waals surface area contributed by atoms with E-state index >= 15 is 0 Å². The van der Waals surface area contributed by atoms with Gasteiger partial charge in [-0.3, -0.25) is 9.89 Å². The number of guanidine groups is 1. The highest BCUT2D eigenvalue weighted by molar-refractivity contribution is 5.79. The monoisotopic (exact) mass is 436 g/mol. The predicted molar refractivity (Wildman–Crippen MR) is 130 cm³/mol. The van der Waals surface area contributed by atoms with Gasteiger partial charge in [-0.2, -0.15) is 0 Å². The van der Waals surface area contributed by atoms with E-state index in [0.29, 0.717) is 12.6 Å². The molecule has 2 aliphatic rings. The number of aromatic nitrogens is 1. The van der Waals surface area contributed by atoms with Crippen LogP contribution in [0.1, 0.15) is 36.9 Å². The smallest absolute Gasteiger partial charge is 0.191 e. The number of likely N-dealkylation sites (tertiary alicyclic amines) is 1. The average molecular weight is 437 g/mol. The van der Waals surface area contributed by atoms with E-state index in [1.807, 2.05) is 13.2 Å². The zero-order chi connectivity index (χ0) is 22.2. The van der Waals surface area contributed by atoms with Crippen LogP contribution in [0.5, 0.6) is 0 Å². The van der Waals surface area contributed by atoms with E-state index in [-0.39, 0.29) is 6.10 Å². The molecule has 4 rings (SSSR count). The Labute approximate surface area is 191 Å². The van der Waals surface area contributed by atoms with E-state index in [2.05, 4.69) is 79.8 Å². The minimum atomic E-state index is 0.251. The van der Waals surface area contributed by atoms with E-state index in [0.717, 1.165) is 56.7 Å². The molecule has 2 aliphatic heterocycles. The average Bonchev–Trinajstić information content (AvgIpc) is 3.37. The molecule has 1 aromatic heterocycles. The molecule has 2 fully saturated rings. The van der Waals surface area contributed by atoms with Crippen LogP contribution < -0.4 is 15.5 Å². The van der Waals surface area contributed by atoms with Gasteiger partial charge in [-0.15, -0.1) is 0 Å². The standard InChI is InChI=1S/C25H36N6O/c1-20-19-31(14-15-32-20)24-11-10-21(16-27-24)17-28-25(26-2)29-18-23(30-12-6-7-13-30)22-8-4-3-5-9-22/h3-5,8-11,16,20,23H,6-7,12-15,17-19H2,1-2H3,(H2,26,28,29). The van der Waals surface area contributed by atoms with Crippen LogP contribution in [0.4, 0.5) is 5.82 Å². The van der Waals surface area contributed by atoms with Crippen LogP contribution in [-0.2, 0) is 11.3 Å². The molecule has 7 heteroatoms. The Morgan fingerprint density at radius 2 is 1.94 bits per heavy atom. The lowest BCUT2D eigenvalue weighted by atomic mass is 10.1. The van der Waals surface area contributed by atoms with Crippen LogP contribution in [0.15, 0.2) is 53.7 Å². The van der Waals surface area contributed by atoms with Crippen LogP contribution in [0.2, 0.25) is 0 Å². The summed E-state index contributed by atoms with van der Waals surface area (Å²) in [6.07, 6.45) is 4.76. The lowest BCUT2D eigenvalue weighted by Crippen LogP contribution is -2.42. The molecule has 1 aromatic carbocycles. The van der Waals surface area contributed by atoms with Crippen molar-refractivity contribution in [3.05, 3.63) is 59.8 Å². The number of rotatable bonds is 7. The van der Waals surface area contributed by atoms with Gasteiger partial charge in [0.25, 0.3) is 0 Å². The summed E-state index contributed by atoms with van der Waals surface area (Å²) in [6, 6.07) is 15.4. The molecule has 2 N–H and O–H groups in total. The first kappa shape index (κ1) is 22.6. The Morgan fingerprint density at radius 1 is 1.12 bits per heavy atom. The quantitative estimate of drug-likeness (QED) is 0.514. The highest BCUT2D eigenvalue weighted by atomic mass is 16.5. The highest BCUT2D eigenvalue weighted by Gasteiger charge is 2.23. The summed E-state index contributed by atoms with van der Waals surface area (Å²) < 4.78 is 5.63. The first-order chi connectivity index (χ1) is 15.7. The molecule has 32 heavy (non-hydrogen) atoms. The van der Waals surface area contributed by atoms with E-state index < -0.39 is 0 Å². The third kappa shape index (κ3) is 5.99. The van der Waals surface area contributed by atoms with Crippen LogP contribution in [0, 0.1) is 0 Å². The van der Waals surface area contributed by atoms with Crippen molar-refractivity contribution in [1.82, 2.24) is 20.5 Å². The number of aliphatic imine (C=N–C) groups is 1. The number of pyridine rings is 1. The zero-order valence-corrected chi connectivity index (χ0v) is 19.3. The molecule has 0 spiro atoms. The van der Waals surface area contributed by atoms with Crippen LogP contribution >= 0.6 is 0 Å². The second-order valence-corrected chi connectivity index (χ2v) is 8.63. The summed E-state index contributed by atoms with van der Waals surface area (Å²) in [5, 5.41) is 6.97. The number of hydrogen-bond donors (Lipinski definition) is 2. The first-order valence-electron chi connectivity index (χ1n) is 11.8. The second-order valence-electron chi connectivity index (χ2n) is 8.63. The maximum Gasteiger partial charge on any atom is 0.191 e. The topological polar surface area (TPSA) is 65.0 Å². The molecule has 2 saturated heterocycles. The molecule has 2 atom stereocenters. The van der Waals surface area contributed by atoms with Crippen molar-refractivity contribution >= 4 is 11.8 Å². The normalized spacial score (nSPS) is 20.9. The Morgan fingerprint density at radius 3 is 2.62 bits per heavy atom. The number of anilines is 1. The Hall–Kier alpha value is -2.64. The van der Waals surface area contributed by atoms with Crippen molar-refractivity contribution in [1.29, 1.82) is 0 Å². The summed E-state index contributed by atoms with van der Waals surface area (Å²) in [4.78, 5) is 14.0. The van der Waals surface area contributed by atoms with Crippen molar-refractivity contribution in [2.24, 2.45) is 4.99 Å². The fraction of sp³-hybridized carbons (Fsp3) is 0.520. The fourth-order valence-corrected chi connectivity index (χ4v) is 4.52. The molecule has 2 unspecified atom stereocenters. The molecular weight excluding hydrogens is 400 g/mol. The third-order valence-electron chi connectivity index (χ3n) is 6.29. The van der Waals surface area contributed by atoms with Crippen molar-refractivity contribution in [3.63, 3.8) is 0 Å². The summed E-state index contributed by atoms with van der Waals surface area (Å²) in [5.74, 6) is 1.83.